The van der Waals surface area contributed by atoms with Crippen molar-refractivity contribution in [2.24, 2.45) is 0 Å². The number of morpholine rings is 1. The summed E-state index contributed by atoms with van der Waals surface area (Å²) < 4.78 is 31.0. The third-order valence-electron chi connectivity index (χ3n) is 2.94. The highest BCUT2D eigenvalue weighted by atomic mass is 32.2. The van der Waals surface area contributed by atoms with Crippen LogP contribution in [0.5, 0.6) is 0 Å². The maximum Gasteiger partial charge on any atom is 0.411 e. The summed E-state index contributed by atoms with van der Waals surface area (Å²) in [6.45, 7) is 7.07. The fourth-order valence-electron chi connectivity index (χ4n) is 2.19. The first-order valence-corrected chi connectivity index (χ1v) is 8.44. The maximum absolute atomic E-state index is 12.1. The number of amides is 2. The fourth-order valence-corrected chi connectivity index (χ4v) is 2.67. The Morgan fingerprint density at radius 3 is 2.48 bits per heavy atom. The molecule has 0 aromatic rings. The van der Waals surface area contributed by atoms with Crippen molar-refractivity contribution in [1.82, 2.24) is 9.80 Å². The molecule has 0 spiro atoms. The first-order valence-electron chi connectivity index (χ1n) is 7.16. The summed E-state index contributed by atoms with van der Waals surface area (Å²) >= 11 is -2.24. The third kappa shape index (κ3) is 7.14. The van der Waals surface area contributed by atoms with Gasteiger partial charge in [-0.15, -0.1) is 0 Å². The quantitative estimate of drug-likeness (QED) is 0.729. The van der Waals surface area contributed by atoms with Crippen LogP contribution in [0.15, 0.2) is 0 Å². The molecule has 0 bridgehead atoms. The van der Waals surface area contributed by atoms with Gasteiger partial charge in [0.15, 0.2) is 11.1 Å². The van der Waals surface area contributed by atoms with Gasteiger partial charge in [-0.1, -0.05) is 0 Å². The topological polar surface area (TPSA) is 117 Å². The van der Waals surface area contributed by atoms with Gasteiger partial charge in [-0.3, -0.25) is 4.90 Å². The highest BCUT2D eigenvalue weighted by molar-refractivity contribution is 7.79. The SMILES string of the molecule is CC1CN(C(=O)O)CC(CN(CS(=O)O)C(=O)OC(C)(C)C)O1. The Labute approximate surface area is 137 Å². The van der Waals surface area contributed by atoms with Crippen molar-refractivity contribution in [2.45, 2.75) is 45.5 Å². The highest BCUT2D eigenvalue weighted by Gasteiger charge is 2.32. The highest BCUT2D eigenvalue weighted by Crippen LogP contribution is 2.15. The van der Waals surface area contributed by atoms with Gasteiger partial charge in [0.1, 0.15) is 11.5 Å². The van der Waals surface area contributed by atoms with E-state index in [1.165, 1.54) is 4.90 Å². The molecule has 134 valence electrons. The number of carbonyl (C=O) groups excluding carboxylic acids is 1. The van der Waals surface area contributed by atoms with Crippen LogP contribution in [0, 0.1) is 0 Å². The van der Waals surface area contributed by atoms with Gasteiger partial charge in [-0.05, 0) is 27.7 Å². The Morgan fingerprint density at radius 1 is 1.39 bits per heavy atom. The molecule has 9 nitrogen and oxygen atoms in total. The molecule has 1 fully saturated rings. The number of hydrogen-bond donors (Lipinski definition) is 2. The summed E-state index contributed by atoms with van der Waals surface area (Å²) in [4.78, 5) is 25.5. The third-order valence-corrected chi connectivity index (χ3v) is 3.47. The second kappa shape index (κ2) is 7.93. The zero-order valence-corrected chi connectivity index (χ0v) is 14.5. The van der Waals surface area contributed by atoms with E-state index >= 15 is 0 Å². The van der Waals surface area contributed by atoms with E-state index in [2.05, 4.69) is 0 Å². The van der Waals surface area contributed by atoms with Crippen LogP contribution in [0.3, 0.4) is 0 Å². The van der Waals surface area contributed by atoms with Crippen molar-refractivity contribution in [3.05, 3.63) is 0 Å². The molecule has 3 unspecified atom stereocenters. The molecule has 0 saturated carbocycles. The second-order valence-electron chi connectivity index (χ2n) is 6.41. The molecule has 0 radical (unpaired) electrons. The monoisotopic (exact) mass is 352 g/mol. The molecule has 1 aliphatic rings. The van der Waals surface area contributed by atoms with Gasteiger partial charge in [0.2, 0.25) is 0 Å². The molecule has 1 saturated heterocycles. The number of carbonyl (C=O) groups is 2. The zero-order valence-electron chi connectivity index (χ0n) is 13.7. The molecule has 0 aliphatic carbocycles. The lowest BCUT2D eigenvalue weighted by Gasteiger charge is -2.37. The number of nitrogens with zero attached hydrogens (tertiary/aromatic N) is 2. The van der Waals surface area contributed by atoms with Gasteiger partial charge < -0.3 is 24.0 Å². The summed E-state index contributed by atoms with van der Waals surface area (Å²) in [6, 6.07) is 0. The smallest absolute Gasteiger partial charge is 0.411 e. The number of carboxylic acid groups (broad SMARTS) is 1. The Balaban J connectivity index is 2.77. The Bertz CT molecular complexity index is 466. The van der Waals surface area contributed by atoms with E-state index in [1.54, 1.807) is 27.7 Å². The van der Waals surface area contributed by atoms with Gasteiger partial charge >= 0.3 is 12.2 Å². The minimum Gasteiger partial charge on any atom is -0.465 e. The Hall–Kier alpha value is -1.39. The minimum absolute atomic E-state index is 0.0324. The fraction of sp³-hybridized carbons (Fsp3) is 0.846. The van der Waals surface area contributed by atoms with Crippen LogP contribution in [0.1, 0.15) is 27.7 Å². The molecule has 10 heteroatoms. The van der Waals surface area contributed by atoms with E-state index in [0.29, 0.717) is 0 Å². The van der Waals surface area contributed by atoms with Crippen LogP contribution in [-0.2, 0) is 20.6 Å². The van der Waals surface area contributed by atoms with Crippen LogP contribution in [-0.4, -0.2) is 79.2 Å². The number of hydrogen-bond acceptors (Lipinski definition) is 5. The predicted octanol–water partition coefficient (Wildman–Crippen LogP) is 1.17. The van der Waals surface area contributed by atoms with Crippen LogP contribution < -0.4 is 0 Å². The van der Waals surface area contributed by atoms with Gasteiger partial charge in [0.25, 0.3) is 0 Å². The molecule has 2 amide bonds. The Morgan fingerprint density at radius 2 is 2.00 bits per heavy atom. The second-order valence-corrected chi connectivity index (χ2v) is 7.31. The van der Waals surface area contributed by atoms with E-state index in [1.807, 2.05) is 0 Å². The zero-order chi connectivity index (χ0) is 17.8. The summed E-state index contributed by atoms with van der Waals surface area (Å²) in [7, 11) is 0. The van der Waals surface area contributed by atoms with E-state index < -0.39 is 40.8 Å². The largest absolute Gasteiger partial charge is 0.465 e. The Kier molecular flexibility index (Phi) is 6.78. The van der Waals surface area contributed by atoms with Crippen molar-refractivity contribution in [3.63, 3.8) is 0 Å². The van der Waals surface area contributed by atoms with Crippen molar-refractivity contribution < 1.29 is 32.9 Å². The molecule has 0 aromatic carbocycles. The lowest BCUT2D eigenvalue weighted by molar-refractivity contribution is -0.0794. The van der Waals surface area contributed by atoms with Gasteiger partial charge in [0.05, 0.1) is 31.8 Å². The lowest BCUT2D eigenvalue weighted by Crippen LogP contribution is -2.53. The lowest BCUT2D eigenvalue weighted by atomic mass is 10.2. The average Bonchev–Trinajstić information content (AvgIpc) is 2.34. The van der Waals surface area contributed by atoms with Gasteiger partial charge in [0, 0.05) is 0 Å². The van der Waals surface area contributed by atoms with Crippen molar-refractivity contribution in [1.29, 1.82) is 0 Å². The standard InChI is InChI=1S/C13H24N2O7S/c1-9-5-14(11(16)17)6-10(21-9)7-15(8-23(19)20)12(18)22-13(2,3)4/h9-10H,5-8H2,1-4H3,(H,16,17)(H,19,20). The molecule has 1 aliphatic heterocycles. The molecule has 23 heavy (non-hydrogen) atoms. The summed E-state index contributed by atoms with van der Waals surface area (Å²) in [6.07, 6.45) is -2.74. The number of ether oxygens (including phenoxy) is 2. The molecular weight excluding hydrogens is 328 g/mol. The van der Waals surface area contributed by atoms with E-state index in [4.69, 9.17) is 19.1 Å². The van der Waals surface area contributed by atoms with Crippen LogP contribution in [0.4, 0.5) is 9.59 Å². The van der Waals surface area contributed by atoms with E-state index in [-0.39, 0.29) is 25.7 Å². The summed E-state index contributed by atoms with van der Waals surface area (Å²) in [5, 5.41) is 9.09. The van der Waals surface area contributed by atoms with Crippen molar-refractivity contribution >= 4 is 23.3 Å². The molecule has 0 aromatic heterocycles. The molecular formula is C13H24N2O7S. The number of rotatable bonds is 4. The van der Waals surface area contributed by atoms with E-state index in [0.717, 1.165) is 4.90 Å². The van der Waals surface area contributed by atoms with E-state index in [9.17, 15) is 13.8 Å². The molecule has 3 atom stereocenters. The predicted molar refractivity (Wildman–Crippen MR) is 82.5 cm³/mol. The molecule has 1 rings (SSSR count). The normalized spacial score (nSPS) is 23.3. The summed E-state index contributed by atoms with van der Waals surface area (Å²) in [5.74, 6) is -0.434. The van der Waals surface area contributed by atoms with Gasteiger partial charge in [-0.2, -0.15) is 0 Å². The van der Waals surface area contributed by atoms with Crippen molar-refractivity contribution in [2.75, 3.05) is 25.5 Å². The van der Waals surface area contributed by atoms with Crippen LogP contribution >= 0.6 is 0 Å². The van der Waals surface area contributed by atoms with Crippen LogP contribution in [0.2, 0.25) is 0 Å². The average molecular weight is 352 g/mol. The minimum atomic E-state index is -2.24. The van der Waals surface area contributed by atoms with Crippen LogP contribution in [0.25, 0.3) is 0 Å². The first-order chi connectivity index (χ1) is 10.5. The summed E-state index contributed by atoms with van der Waals surface area (Å²) in [5.41, 5.74) is -0.750. The van der Waals surface area contributed by atoms with Crippen molar-refractivity contribution in [3.8, 4) is 0 Å². The molecule has 1 heterocycles. The molecule has 2 N–H and O–H groups in total. The van der Waals surface area contributed by atoms with Gasteiger partial charge in [-0.25, -0.2) is 13.8 Å². The maximum atomic E-state index is 12.1. The first kappa shape index (κ1) is 19.7.